The largest absolute Gasteiger partial charge is 0.324 e. The number of carbonyl (C=O) groups excluding carboxylic acids is 1. The van der Waals surface area contributed by atoms with E-state index >= 15 is 0 Å². The van der Waals surface area contributed by atoms with Gasteiger partial charge in [0.15, 0.2) is 0 Å². The van der Waals surface area contributed by atoms with Gasteiger partial charge >= 0.3 is 0 Å². The molecule has 158 valence electrons. The SMILES string of the molecule is O=C(CSc1nnc2c3ccccc3c3ccccc3c2n1)Nc1cnc2ccccc2c1. The summed E-state index contributed by atoms with van der Waals surface area (Å²) in [6, 6.07) is 26.0. The summed E-state index contributed by atoms with van der Waals surface area (Å²) in [5.74, 6) is 0.0232. The van der Waals surface area contributed by atoms with Crippen molar-refractivity contribution in [1.29, 1.82) is 0 Å². The fraction of sp³-hybridized carbons (Fsp3) is 0.0385. The van der Waals surface area contributed by atoms with Crippen LogP contribution in [0.15, 0.2) is 90.2 Å². The zero-order valence-electron chi connectivity index (χ0n) is 17.4. The molecule has 0 aliphatic carbocycles. The summed E-state index contributed by atoms with van der Waals surface area (Å²) in [7, 11) is 0. The third-order valence-corrected chi connectivity index (χ3v) is 6.37. The first-order chi connectivity index (χ1) is 16.3. The minimum Gasteiger partial charge on any atom is -0.324 e. The first-order valence-electron chi connectivity index (χ1n) is 10.5. The zero-order chi connectivity index (χ0) is 22.2. The van der Waals surface area contributed by atoms with Gasteiger partial charge in [0.05, 0.1) is 23.2 Å². The van der Waals surface area contributed by atoms with Crippen molar-refractivity contribution in [3.8, 4) is 0 Å². The van der Waals surface area contributed by atoms with E-state index in [1.54, 1.807) is 6.20 Å². The van der Waals surface area contributed by atoms with Crippen molar-refractivity contribution in [3.63, 3.8) is 0 Å². The van der Waals surface area contributed by atoms with Crippen LogP contribution >= 0.6 is 11.8 Å². The van der Waals surface area contributed by atoms with E-state index in [-0.39, 0.29) is 11.7 Å². The number of nitrogens with one attached hydrogen (secondary N) is 1. The Labute approximate surface area is 193 Å². The van der Waals surface area contributed by atoms with Crippen molar-refractivity contribution in [3.05, 3.63) is 85.1 Å². The summed E-state index contributed by atoms with van der Waals surface area (Å²) in [6.45, 7) is 0. The maximum Gasteiger partial charge on any atom is 0.234 e. The molecule has 0 atom stereocenters. The fourth-order valence-electron chi connectivity index (χ4n) is 4.06. The van der Waals surface area contributed by atoms with E-state index < -0.39 is 0 Å². The minimum atomic E-state index is -0.149. The quantitative estimate of drug-likeness (QED) is 0.279. The van der Waals surface area contributed by atoms with Gasteiger partial charge < -0.3 is 5.32 Å². The highest BCUT2D eigenvalue weighted by Crippen LogP contribution is 2.33. The number of hydrogen-bond acceptors (Lipinski definition) is 6. The van der Waals surface area contributed by atoms with Crippen LogP contribution in [0.2, 0.25) is 0 Å². The first kappa shape index (κ1) is 19.6. The Balaban J connectivity index is 1.28. The number of anilines is 1. The van der Waals surface area contributed by atoms with E-state index in [1.807, 2.05) is 66.7 Å². The van der Waals surface area contributed by atoms with Gasteiger partial charge in [-0.3, -0.25) is 9.78 Å². The van der Waals surface area contributed by atoms with E-state index in [0.717, 1.165) is 43.5 Å². The molecule has 7 heteroatoms. The average Bonchev–Trinajstić information content (AvgIpc) is 2.87. The third-order valence-electron chi connectivity index (χ3n) is 5.53. The monoisotopic (exact) mass is 447 g/mol. The van der Waals surface area contributed by atoms with Crippen molar-refractivity contribution >= 4 is 66.8 Å². The molecule has 1 amide bonds. The molecule has 0 aliphatic heterocycles. The molecule has 0 aliphatic rings. The fourth-order valence-corrected chi connectivity index (χ4v) is 4.64. The summed E-state index contributed by atoms with van der Waals surface area (Å²) in [5.41, 5.74) is 3.11. The number of fused-ring (bicyclic) bond motifs is 7. The summed E-state index contributed by atoms with van der Waals surface area (Å²) >= 11 is 1.26. The minimum absolute atomic E-state index is 0.149. The van der Waals surface area contributed by atoms with E-state index in [9.17, 15) is 4.79 Å². The Morgan fingerprint density at radius 2 is 1.45 bits per heavy atom. The van der Waals surface area contributed by atoms with Crippen LogP contribution in [0.1, 0.15) is 0 Å². The second-order valence-corrected chi connectivity index (χ2v) is 8.58. The lowest BCUT2D eigenvalue weighted by atomic mass is 10.00. The Morgan fingerprint density at radius 3 is 2.24 bits per heavy atom. The van der Waals surface area contributed by atoms with Gasteiger partial charge in [-0.2, -0.15) is 0 Å². The van der Waals surface area contributed by atoms with Gasteiger partial charge in [-0.05, 0) is 22.9 Å². The highest BCUT2D eigenvalue weighted by Gasteiger charge is 2.13. The lowest BCUT2D eigenvalue weighted by molar-refractivity contribution is -0.113. The molecule has 0 fully saturated rings. The summed E-state index contributed by atoms with van der Waals surface area (Å²) in [4.78, 5) is 21.7. The van der Waals surface area contributed by atoms with Gasteiger partial charge in [-0.15, -0.1) is 10.2 Å². The molecule has 0 saturated carbocycles. The van der Waals surface area contributed by atoms with E-state index in [0.29, 0.717) is 10.8 Å². The molecular formula is C26H17N5OS. The van der Waals surface area contributed by atoms with Crippen molar-refractivity contribution < 1.29 is 4.79 Å². The molecular weight excluding hydrogens is 430 g/mol. The Bertz CT molecular complexity index is 1650. The van der Waals surface area contributed by atoms with Crippen LogP contribution in [0.4, 0.5) is 5.69 Å². The van der Waals surface area contributed by atoms with Gasteiger partial charge in [0, 0.05) is 16.2 Å². The predicted octanol–water partition coefficient (Wildman–Crippen LogP) is 5.61. The maximum absolute atomic E-state index is 12.5. The highest BCUT2D eigenvalue weighted by molar-refractivity contribution is 7.99. The Hall–Kier alpha value is -4.10. The molecule has 0 radical (unpaired) electrons. The standard InChI is InChI=1S/C26H17N5OS/c32-23(28-17-13-16-7-1-6-12-22(16)27-14-17)15-33-26-29-24-20-10-4-2-8-18(20)19-9-3-5-11-21(19)25(24)30-31-26/h1-14H,15H2,(H,28,32). The summed E-state index contributed by atoms with van der Waals surface area (Å²) in [6.07, 6.45) is 1.66. The lowest BCUT2D eigenvalue weighted by Crippen LogP contribution is -2.14. The van der Waals surface area contributed by atoms with Crippen molar-refractivity contribution in [1.82, 2.24) is 20.2 Å². The lowest BCUT2D eigenvalue weighted by Gasteiger charge is -2.09. The van der Waals surface area contributed by atoms with E-state index in [4.69, 9.17) is 4.98 Å². The Kier molecular flexibility index (Phi) is 4.81. The Morgan fingerprint density at radius 1 is 0.788 bits per heavy atom. The molecule has 2 aromatic heterocycles. The number of aromatic nitrogens is 4. The van der Waals surface area contributed by atoms with Crippen LogP contribution in [0.25, 0.3) is 43.5 Å². The molecule has 1 N–H and O–H groups in total. The molecule has 6 nitrogen and oxygen atoms in total. The smallest absolute Gasteiger partial charge is 0.234 e. The van der Waals surface area contributed by atoms with Gasteiger partial charge in [-0.25, -0.2) is 4.98 Å². The number of thioether (sulfide) groups is 1. The maximum atomic E-state index is 12.5. The number of rotatable bonds is 4. The summed E-state index contributed by atoms with van der Waals surface area (Å²) < 4.78 is 0. The van der Waals surface area contributed by atoms with Crippen LogP contribution in [-0.4, -0.2) is 31.8 Å². The van der Waals surface area contributed by atoms with E-state index in [1.165, 1.54) is 11.8 Å². The second kappa shape index (κ2) is 8.11. The molecule has 0 saturated heterocycles. The molecule has 33 heavy (non-hydrogen) atoms. The molecule has 0 bridgehead atoms. The zero-order valence-corrected chi connectivity index (χ0v) is 18.2. The molecule has 4 aromatic carbocycles. The molecule has 6 rings (SSSR count). The van der Waals surface area contributed by atoms with Crippen molar-refractivity contribution in [2.45, 2.75) is 5.16 Å². The van der Waals surface area contributed by atoms with Gasteiger partial charge in [-0.1, -0.05) is 78.5 Å². The molecule has 6 aromatic rings. The normalized spacial score (nSPS) is 11.4. The average molecular weight is 448 g/mol. The van der Waals surface area contributed by atoms with Crippen LogP contribution in [0.3, 0.4) is 0 Å². The first-order valence-corrected chi connectivity index (χ1v) is 11.5. The molecule has 0 spiro atoms. The number of amides is 1. The molecule has 0 unspecified atom stereocenters. The van der Waals surface area contributed by atoms with Gasteiger partial charge in [0.1, 0.15) is 11.0 Å². The van der Waals surface area contributed by atoms with Crippen LogP contribution in [0, 0.1) is 0 Å². The predicted molar refractivity (Wildman–Crippen MR) is 133 cm³/mol. The summed E-state index contributed by atoms with van der Waals surface area (Å²) in [5, 5.41) is 17.4. The van der Waals surface area contributed by atoms with Crippen molar-refractivity contribution in [2.75, 3.05) is 11.1 Å². The van der Waals surface area contributed by atoms with E-state index in [2.05, 4.69) is 32.6 Å². The number of benzene rings is 4. The third kappa shape index (κ3) is 3.62. The van der Waals surface area contributed by atoms with Gasteiger partial charge in [0.2, 0.25) is 11.1 Å². The van der Waals surface area contributed by atoms with Crippen molar-refractivity contribution in [2.24, 2.45) is 0 Å². The van der Waals surface area contributed by atoms with Crippen LogP contribution in [-0.2, 0) is 4.79 Å². The highest BCUT2D eigenvalue weighted by atomic mass is 32.2. The van der Waals surface area contributed by atoms with Gasteiger partial charge in [0.25, 0.3) is 0 Å². The number of carbonyl (C=O) groups is 1. The number of nitrogens with zero attached hydrogens (tertiary/aromatic N) is 4. The number of para-hydroxylation sites is 1. The second-order valence-electron chi connectivity index (χ2n) is 7.64. The molecule has 2 heterocycles. The number of pyridine rings is 1. The topological polar surface area (TPSA) is 80.7 Å². The number of hydrogen-bond donors (Lipinski definition) is 1. The van der Waals surface area contributed by atoms with Crippen LogP contribution in [0.5, 0.6) is 0 Å². The van der Waals surface area contributed by atoms with Crippen LogP contribution < -0.4 is 5.32 Å².